The Morgan fingerprint density at radius 3 is 2.44 bits per heavy atom. The number of rotatable bonds is 12. The van der Waals surface area contributed by atoms with Crippen LogP contribution in [0.4, 0.5) is 0 Å². The number of nitrogens with one attached hydrogen (secondary N) is 2. The van der Waals surface area contributed by atoms with E-state index >= 15 is 0 Å². The maximum absolute atomic E-state index is 14.2. The Balaban J connectivity index is 1.45. The zero-order valence-corrected chi connectivity index (χ0v) is 24.6. The van der Waals surface area contributed by atoms with Crippen molar-refractivity contribution >= 4 is 17.7 Å². The third-order valence-electron chi connectivity index (χ3n) is 8.46. The second kappa shape index (κ2) is 14.5. The molecule has 0 saturated carbocycles. The molecule has 9 nitrogen and oxygen atoms in total. The van der Waals surface area contributed by atoms with Gasteiger partial charge in [-0.2, -0.15) is 0 Å². The molecular formula is C32H45N5O4. The van der Waals surface area contributed by atoms with E-state index in [1.165, 1.54) is 5.56 Å². The van der Waals surface area contributed by atoms with Gasteiger partial charge in [0, 0.05) is 31.6 Å². The standard InChI is InChI=1S/C32H45N5O4/c1-4-27(33)30(38)35-29-24(21-36(2)20-23-8-6-5-7-9-23)12-13-25-14-17-28(37(25)32(29)40)31(39)34-19-18-22-10-15-26(41-3)16-11-22/h5-11,15-16,24-25,27-29H,4,12-14,17-21,33H2,1-3H3,(H,34,39)(H,35,38)/t24?,25?,27-,28-,29?/m0/s1. The normalized spacial score (nSPS) is 23.0. The number of ether oxygens (including phenoxy) is 1. The lowest BCUT2D eigenvalue weighted by molar-refractivity contribution is -0.143. The lowest BCUT2D eigenvalue weighted by Crippen LogP contribution is -2.58. The van der Waals surface area contributed by atoms with Crippen LogP contribution in [0.15, 0.2) is 54.6 Å². The summed E-state index contributed by atoms with van der Waals surface area (Å²) in [6.45, 7) is 3.72. The van der Waals surface area contributed by atoms with Crippen molar-refractivity contribution in [3.63, 3.8) is 0 Å². The fourth-order valence-electron chi connectivity index (χ4n) is 6.11. The van der Waals surface area contributed by atoms with Crippen LogP contribution < -0.4 is 21.1 Å². The molecule has 2 heterocycles. The van der Waals surface area contributed by atoms with Crippen LogP contribution in [0.5, 0.6) is 5.75 Å². The maximum Gasteiger partial charge on any atom is 0.246 e. The minimum atomic E-state index is -0.726. The maximum atomic E-state index is 14.2. The Kier molecular flexibility index (Phi) is 10.8. The molecule has 9 heteroatoms. The van der Waals surface area contributed by atoms with Gasteiger partial charge in [-0.1, -0.05) is 49.4 Å². The van der Waals surface area contributed by atoms with Crippen molar-refractivity contribution in [3.05, 3.63) is 65.7 Å². The van der Waals surface area contributed by atoms with Gasteiger partial charge < -0.3 is 30.9 Å². The second-order valence-electron chi connectivity index (χ2n) is 11.4. The number of benzene rings is 2. The van der Waals surface area contributed by atoms with Crippen LogP contribution in [-0.2, 0) is 27.3 Å². The number of carbonyl (C=O) groups excluding carboxylic acids is 3. The summed E-state index contributed by atoms with van der Waals surface area (Å²) < 4.78 is 5.21. The molecule has 3 amide bonds. The number of hydrogen-bond donors (Lipinski definition) is 3. The van der Waals surface area contributed by atoms with Gasteiger partial charge in [-0.05, 0) is 68.8 Å². The Hall–Kier alpha value is -3.43. The van der Waals surface area contributed by atoms with Gasteiger partial charge in [0.15, 0.2) is 0 Å². The number of fused-ring (bicyclic) bond motifs is 1. The van der Waals surface area contributed by atoms with Crippen molar-refractivity contribution in [1.29, 1.82) is 0 Å². The van der Waals surface area contributed by atoms with E-state index < -0.39 is 18.1 Å². The summed E-state index contributed by atoms with van der Waals surface area (Å²) in [5.74, 6) is 0.0771. The van der Waals surface area contributed by atoms with Crippen LogP contribution in [0.25, 0.3) is 0 Å². The quantitative estimate of drug-likeness (QED) is 0.365. The second-order valence-corrected chi connectivity index (χ2v) is 11.4. The van der Waals surface area contributed by atoms with E-state index in [2.05, 4.69) is 27.7 Å². The Bertz CT molecular complexity index is 1160. The van der Waals surface area contributed by atoms with Crippen LogP contribution in [0.1, 0.15) is 50.2 Å². The smallest absolute Gasteiger partial charge is 0.246 e. The van der Waals surface area contributed by atoms with E-state index in [4.69, 9.17) is 10.5 Å². The van der Waals surface area contributed by atoms with Crippen molar-refractivity contribution in [2.75, 3.05) is 27.2 Å². The van der Waals surface area contributed by atoms with Gasteiger partial charge >= 0.3 is 0 Å². The summed E-state index contributed by atoms with van der Waals surface area (Å²) in [5.41, 5.74) is 8.34. The van der Waals surface area contributed by atoms with Gasteiger partial charge in [-0.15, -0.1) is 0 Å². The van der Waals surface area contributed by atoms with Gasteiger partial charge in [0.05, 0.1) is 13.2 Å². The first-order chi connectivity index (χ1) is 19.8. The molecule has 41 heavy (non-hydrogen) atoms. The Morgan fingerprint density at radius 1 is 1.05 bits per heavy atom. The van der Waals surface area contributed by atoms with Gasteiger partial charge in [0.1, 0.15) is 17.8 Å². The summed E-state index contributed by atoms with van der Waals surface area (Å²) in [4.78, 5) is 44.4. The third-order valence-corrected chi connectivity index (χ3v) is 8.46. The average Bonchev–Trinajstić information content (AvgIpc) is 3.37. The molecule has 0 radical (unpaired) electrons. The molecule has 2 aliphatic heterocycles. The predicted molar refractivity (Wildman–Crippen MR) is 159 cm³/mol. The van der Waals surface area contributed by atoms with Crippen molar-refractivity contribution in [1.82, 2.24) is 20.4 Å². The number of amides is 3. The molecule has 222 valence electrons. The molecule has 4 rings (SSSR count). The molecule has 4 N–H and O–H groups in total. The van der Waals surface area contributed by atoms with Gasteiger partial charge in [-0.3, -0.25) is 14.4 Å². The van der Waals surface area contributed by atoms with Crippen LogP contribution in [-0.4, -0.2) is 78.9 Å². The van der Waals surface area contributed by atoms with Crippen molar-refractivity contribution in [2.24, 2.45) is 11.7 Å². The van der Waals surface area contributed by atoms with Gasteiger partial charge in [-0.25, -0.2) is 0 Å². The molecule has 2 saturated heterocycles. The molecule has 3 unspecified atom stereocenters. The monoisotopic (exact) mass is 563 g/mol. The molecule has 0 aromatic heterocycles. The summed E-state index contributed by atoms with van der Waals surface area (Å²) in [6, 6.07) is 16.0. The highest BCUT2D eigenvalue weighted by Gasteiger charge is 2.47. The molecule has 0 aliphatic carbocycles. The number of hydrogen-bond acceptors (Lipinski definition) is 6. The van der Waals surface area contributed by atoms with E-state index in [0.717, 1.165) is 37.1 Å². The fourth-order valence-corrected chi connectivity index (χ4v) is 6.11. The fraction of sp³-hybridized carbons (Fsp3) is 0.531. The zero-order chi connectivity index (χ0) is 29.4. The predicted octanol–water partition coefficient (Wildman–Crippen LogP) is 2.48. The summed E-state index contributed by atoms with van der Waals surface area (Å²) >= 11 is 0. The first kappa shape index (κ1) is 30.5. The summed E-state index contributed by atoms with van der Waals surface area (Å²) in [7, 11) is 3.67. The third kappa shape index (κ3) is 7.86. The van der Waals surface area contributed by atoms with Crippen LogP contribution >= 0.6 is 0 Å². The van der Waals surface area contributed by atoms with E-state index in [1.807, 2.05) is 56.4 Å². The summed E-state index contributed by atoms with van der Waals surface area (Å²) in [5, 5.41) is 6.05. The molecule has 0 spiro atoms. The van der Waals surface area contributed by atoms with Gasteiger partial charge in [0.2, 0.25) is 17.7 Å². The highest BCUT2D eigenvalue weighted by molar-refractivity contribution is 5.94. The topological polar surface area (TPSA) is 117 Å². The van der Waals surface area contributed by atoms with E-state index in [-0.39, 0.29) is 29.7 Å². The highest BCUT2D eigenvalue weighted by atomic mass is 16.5. The van der Waals surface area contributed by atoms with Crippen molar-refractivity contribution in [3.8, 4) is 5.75 Å². The lowest BCUT2D eigenvalue weighted by Gasteiger charge is -2.33. The number of carbonyl (C=O) groups is 3. The molecule has 5 atom stereocenters. The molecule has 2 aromatic rings. The molecule has 2 aliphatic rings. The molecule has 0 bridgehead atoms. The summed E-state index contributed by atoms with van der Waals surface area (Å²) in [6.07, 6.45) is 4.16. The van der Waals surface area contributed by atoms with Crippen molar-refractivity contribution < 1.29 is 19.1 Å². The SMILES string of the molecule is CC[C@H](N)C(=O)NC1C(=O)N2C(CCC1CN(C)Cc1ccccc1)CC[C@H]2C(=O)NCCc1ccc(OC)cc1. The first-order valence-corrected chi connectivity index (χ1v) is 14.8. The van der Waals surface area contributed by atoms with E-state index in [9.17, 15) is 14.4 Å². The molecule has 2 fully saturated rings. The minimum Gasteiger partial charge on any atom is -0.497 e. The zero-order valence-electron chi connectivity index (χ0n) is 24.6. The Labute approximate surface area is 243 Å². The largest absolute Gasteiger partial charge is 0.497 e. The highest BCUT2D eigenvalue weighted by Crippen LogP contribution is 2.34. The van der Waals surface area contributed by atoms with E-state index in [1.54, 1.807) is 12.0 Å². The van der Waals surface area contributed by atoms with Gasteiger partial charge in [0.25, 0.3) is 0 Å². The Morgan fingerprint density at radius 2 is 1.76 bits per heavy atom. The molecular weight excluding hydrogens is 518 g/mol. The number of nitrogens with zero attached hydrogens (tertiary/aromatic N) is 2. The molecule has 2 aromatic carbocycles. The van der Waals surface area contributed by atoms with Crippen LogP contribution in [0.2, 0.25) is 0 Å². The van der Waals surface area contributed by atoms with E-state index in [0.29, 0.717) is 32.4 Å². The van der Waals surface area contributed by atoms with Crippen LogP contribution in [0.3, 0.4) is 0 Å². The van der Waals surface area contributed by atoms with Crippen LogP contribution in [0, 0.1) is 5.92 Å². The first-order valence-electron chi connectivity index (χ1n) is 14.8. The average molecular weight is 564 g/mol. The number of methoxy groups -OCH3 is 1. The lowest BCUT2D eigenvalue weighted by atomic mass is 9.92. The number of nitrogens with two attached hydrogens (primary N) is 1. The van der Waals surface area contributed by atoms with Crippen molar-refractivity contribution in [2.45, 2.75) is 76.2 Å². The minimum absolute atomic E-state index is 0.0106.